The molecule has 0 radical (unpaired) electrons. The lowest BCUT2D eigenvalue weighted by molar-refractivity contribution is -0.159. The van der Waals surface area contributed by atoms with Crippen molar-refractivity contribution in [3.63, 3.8) is 0 Å². The summed E-state index contributed by atoms with van der Waals surface area (Å²) >= 11 is 5.95. The molecule has 3 rings (SSSR count). The van der Waals surface area contributed by atoms with Crippen LogP contribution in [0.15, 0.2) is 54.6 Å². The average molecular weight is 404 g/mol. The summed E-state index contributed by atoms with van der Waals surface area (Å²) in [6.07, 6.45) is 1.21. The molecule has 7 heteroatoms. The van der Waals surface area contributed by atoms with Gasteiger partial charge in [0.05, 0.1) is 18.2 Å². The zero-order chi connectivity index (χ0) is 19.9. The van der Waals surface area contributed by atoms with Gasteiger partial charge in [0, 0.05) is 30.3 Å². The maximum Gasteiger partial charge on any atom is 0.331 e. The largest absolute Gasteiger partial charge is 0.444 e. The lowest BCUT2D eigenvalue weighted by Gasteiger charge is -2.30. The van der Waals surface area contributed by atoms with Crippen LogP contribution in [-0.2, 0) is 19.1 Å². The van der Waals surface area contributed by atoms with Gasteiger partial charge in [0.25, 0.3) is 5.91 Å². The predicted molar refractivity (Wildman–Crippen MR) is 103 cm³/mol. The molecule has 0 aliphatic carbocycles. The molecule has 0 bridgehead atoms. The fraction of sp³-hybridized carbons (Fsp3) is 0.238. The summed E-state index contributed by atoms with van der Waals surface area (Å²) in [4.78, 5) is 26.8. The molecule has 1 aliphatic rings. The van der Waals surface area contributed by atoms with Crippen molar-refractivity contribution >= 4 is 29.6 Å². The van der Waals surface area contributed by atoms with Gasteiger partial charge in [-0.3, -0.25) is 4.79 Å². The molecule has 2 aromatic carbocycles. The Kier molecular flexibility index (Phi) is 6.79. The van der Waals surface area contributed by atoms with Crippen LogP contribution in [0.3, 0.4) is 0 Å². The minimum Gasteiger partial charge on any atom is -0.444 e. The predicted octanol–water partition coefficient (Wildman–Crippen LogP) is 3.64. The molecule has 1 unspecified atom stereocenters. The Morgan fingerprint density at radius 1 is 1.11 bits per heavy atom. The first-order valence-electron chi connectivity index (χ1n) is 8.80. The van der Waals surface area contributed by atoms with E-state index in [1.807, 2.05) is 6.07 Å². The number of esters is 1. The lowest BCUT2D eigenvalue weighted by atomic mass is 10.1. The Bertz CT molecular complexity index is 846. The second-order valence-electron chi connectivity index (χ2n) is 6.13. The molecule has 0 N–H and O–H groups in total. The van der Waals surface area contributed by atoms with E-state index in [1.165, 1.54) is 24.3 Å². The van der Waals surface area contributed by atoms with Gasteiger partial charge in [-0.2, -0.15) is 0 Å². The van der Waals surface area contributed by atoms with Gasteiger partial charge in [0.2, 0.25) is 6.10 Å². The Labute approximate surface area is 167 Å². The van der Waals surface area contributed by atoms with Crippen molar-refractivity contribution < 1.29 is 23.5 Å². The molecule has 5 nitrogen and oxygen atoms in total. The summed E-state index contributed by atoms with van der Waals surface area (Å²) in [5.74, 6) is -1.64. The summed E-state index contributed by atoms with van der Waals surface area (Å²) < 4.78 is 24.5. The van der Waals surface area contributed by atoms with E-state index in [4.69, 9.17) is 21.1 Å². The fourth-order valence-electron chi connectivity index (χ4n) is 2.82. The Morgan fingerprint density at radius 3 is 2.50 bits per heavy atom. The van der Waals surface area contributed by atoms with Crippen molar-refractivity contribution in [1.82, 2.24) is 4.90 Å². The first-order chi connectivity index (χ1) is 13.6. The van der Waals surface area contributed by atoms with E-state index in [1.54, 1.807) is 29.2 Å². The number of hydrogen-bond acceptors (Lipinski definition) is 4. The molecule has 1 atom stereocenters. The quantitative estimate of drug-likeness (QED) is 0.565. The number of hydrogen-bond donors (Lipinski definition) is 0. The van der Waals surface area contributed by atoms with Crippen molar-refractivity contribution in [3.8, 4) is 0 Å². The van der Waals surface area contributed by atoms with Gasteiger partial charge in [-0.25, -0.2) is 9.18 Å². The molecule has 28 heavy (non-hydrogen) atoms. The molecule has 1 fully saturated rings. The topological polar surface area (TPSA) is 55.8 Å². The smallest absolute Gasteiger partial charge is 0.331 e. The van der Waals surface area contributed by atoms with Gasteiger partial charge in [0.15, 0.2) is 0 Å². The molecular formula is C21H19ClFNO4. The Hall–Kier alpha value is -2.70. The fourth-order valence-corrected chi connectivity index (χ4v) is 3.04. The number of benzene rings is 2. The second kappa shape index (κ2) is 9.48. The normalized spacial score (nSPS) is 15.4. The highest BCUT2D eigenvalue weighted by Gasteiger charge is 2.30. The number of rotatable bonds is 5. The van der Waals surface area contributed by atoms with E-state index >= 15 is 0 Å². The zero-order valence-corrected chi connectivity index (χ0v) is 15.8. The summed E-state index contributed by atoms with van der Waals surface area (Å²) in [5.41, 5.74) is 0.640. The number of nitrogens with zero attached hydrogens (tertiary/aromatic N) is 1. The number of carbonyl (C=O) groups is 2. The highest BCUT2D eigenvalue weighted by molar-refractivity contribution is 6.32. The van der Waals surface area contributed by atoms with Crippen LogP contribution in [0.25, 0.3) is 6.08 Å². The maximum absolute atomic E-state index is 13.8. The van der Waals surface area contributed by atoms with E-state index in [0.717, 1.165) is 6.08 Å². The zero-order valence-electron chi connectivity index (χ0n) is 15.0. The summed E-state index contributed by atoms with van der Waals surface area (Å²) in [5, 5.41) is 0.174. The van der Waals surface area contributed by atoms with Crippen LogP contribution in [0.5, 0.6) is 0 Å². The van der Waals surface area contributed by atoms with E-state index in [-0.39, 0.29) is 16.5 Å². The molecule has 1 heterocycles. The van der Waals surface area contributed by atoms with Crippen LogP contribution >= 0.6 is 11.6 Å². The molecule has 1 saturated heterocycles. The van der Waals surface area contributed by atoms with Crippen LogP contribution in [-0.4, -0.2) is 43.1 Å². The van der Waals surface area contributed by atoms with Crippen LogP contribution in [0.2, 0.25) is 5.02 Å². The van der Waals surface area contributed by atoms with Crippen molar-refractivity contribution in [3.05, 3.63) is 76.6 Å². The maximum atomic E-state index is 13.8. The first kappa shape index (κ1) is 20.0. The van der Waals surface area contributed by atoms with Crippen LogP contribution in [0.4, 0.5) is 4.39 Å². The molecule has 0 saturated carbocycles. The van der Waals surface area contributed by atoms with Gasteiger partial charge in [-0.15, -0.1) is 0 Å². The van der Waals surface area contributed by atoms with Crippen LogP contribution < -0.4 is 0 Å². The number of ether oxygens (including phenoxy) is 2. The molecule has 146 valence electrons. The lowest BCUT2D eigenvalue weighted by Crippen LogP contribution is -2.44. The molecule has 1 amide bonds. The van der Waals surface area contributed by atoms with Gasteiger partial charge in [-0.1, -0.05) is 48.0 Å². The van der Waals surface area contributed by atoms with Crippen LogP contribution in [0, 0.1) is 5.82 Å². The molecule has 0 spiro atoms. The van der Waals surface area contributed by atoms with Crippen LogP contribution in [0.1, 0.15) is 17.2 Å². The Balaban J connectivity index is 1.78. The monoisotopic (exact) mass is 403 g/mol. The van der Waals surface area contributed by atoms with Crippen molar-refractivity contribution in [2.75, 3.05) is 26.3 Å². The summed E-state index contributed by atoms with van der Waals surface area (Å²) in [6.45, 7) is 1.74. The first-order valence-corrected chi connectivity index (χ1v) is 9.18. The highest BCUT2D eigenvalue weighted by Crippen LogP contribution is 2.23. The summed E-state index contributed by atoms with van der Waals surface area (Å²) in [6, 6.07) is 13.0. The van der Waals surface area contributed by atoms with E-state index in [0.29, 0.717) is 31.9 Å². The van der Waals surface area contributed by atoms with E-state index in [2.05, 4.69) is 0 Å². The molecule has 2 aromatic rings. The van der Waals surface area contributed by atoms with Gasteiger partial charge in [-0.05, 0) is 18.2 Å². The van der Waals surface area contributed by atoms with E-state index in [9.17, 15) is 14.0 Å². The third kappa shape index (κ3) is 4.97. The number of carbonyl (C=O) groups excluding carboxylic acids is 2. The van der Waals surface area contributed by atoms with Crippen molar-refractivity contribution in [1.29, 1.82) is 0 Å². The van der Waals surface area contributed by atoms with Gasteiger partial charge >= 0.3 is 5.97 Å². The standard InChI is InChI=1S/C21H19ClFNO4/c22-17-7-4-8-18(23)16(17)9-10-19(25)28-20(15-5-2-1-3-6-15)21(26)24-11-13-27-14-12-24/h1-10,20H,11-14H2/b10-9+. The Morgan fingerprint density at radius 2 is 1.82 bits per heavy atom. The van der Waals surface area contributed by atoms with Gasteiger partial charge < -0.3 is 14.4 Å². The molecule has 0 aromatic heterocycles. The number of amides is 1. The molecule has 1 aliphatic heterocycles. The SMILES string of the molecule is O=C(/C=C/c1c(F)cccc1Cl)OC(C(=O)N1CCOCC1)c1ccccc1. The molecular weight excluding hydrogens is 385 g/mol. The third-order valence-corrected chi connectivity index (χ3v) is 4.60. The van der Waals surface area contributed by atoms with Crippen molar-refractivity contribution in [2.45, 2.75) is 6.10 Å². The number of morpholine rings is 1. The van der Waals surface area contributed by atoms with Crippen molar-refractivity contribution in [2.24, 2.45) is 0 Å². The summed E-state index contributed by atoms with van der Waals surface area (Å²) in [7, 11) is 0. The second-order valence-corrected chi connectivity index (χ2v) is 6.54. The highest BCUT2D eigenvalue weighted by atomic mass is 35.5. The number of halogens is 2. The van der Waals surface area contributed by atoms with E-state index < -0.39 is 17.9 Å². The average Bonchev–Trinajstić information content (AvgIpc) is 2.72. The van der Waals surface area contributed by atoms with Gasteiger partial charge in [0.1, 0.15) is 5.82 Å². The minimum absolute atomic E-state index is 0.0804. The third-order valence-electron chi connectivity index (χ3n) is 4.27. The minimum atomic E-state index is -1.09.